The van der Waals surface area contributed by atoms with Crippen LogP contribution >= 0.6 is 12.0 Å². The van der Waals surface area contributed by atoms with Crippen molar-refractivity contribution in [1.82, 2.24) is 0 Å². The number of rotatable bonds is 0. The highest BCUT2D eigenvalue weighted by atomic mass is 32.2. The quantitative estimate of drug-likeness (QED) is 0.249. The Morgan fingerprint density at radius 3 is 3.00 bits per heavy atom. The predicted molar refractivity (Wildman–Crippen MR) is 17.0 cm³/mol. The van der Waals surface area contributed by atoms with E-state index in [4.69, 9.17) is 0 Å². The Labute approximate surface area is 32.8 Å². The van der Waals surface area contributed by atoms with E-state index < -0.39 is 0 Å². The molecule has 1 aliphatic rings. The highest BCUT2D eigenvalue weighted by molar-refractivity contribution is 7.99. The van der Waals surface area contributed by atoms with E-state index in [-0.39, 0.29) is 0 Å². The first-order chi connectivity index (χ1) is 2.50. The van der Waals surface area contributed by atoms with Crippen molar-refractivity contribution in [1.29, 1.82) is 0 Å². The van der Waals surface area contributed by atoms with E-state index >= 15 is 0 Å². The van der Waals surface area contributed by atoms with Gasteiger partial charge in [-0.15, -0.1) is 0 Å². The molecule has 1 rings (SSSR count). The predicted octanol–water partition coefficient (Wildman–Crippen LogP) is 0.802. The monoisotopic (exact) mass is 90.0 g/mol. The maximum absolute atomic E-state index is 4.08. The van der Waals surface area contributed by atoms with Gasteiger partial charge in [-0.1, -0.05) is 0 Å². The van der Waals surface area contributed by atoms with Gasteiger partial charge < -0.3 is 0 Å². The maximum Gasteiger partial charge on any atom is 0.461 e. The van der Waals surface area contributed by atoms with Gasteiger partial charge in [-0.3, -0.25) is 0 Å². The van der Waals surface area contributed by atoms with E-state index in [0.717, 1.165) is 12.0 Å². The molecule has 3 nitrogen and oxygen atoms in total. The summed E-state index contributed by atoms with van der Waals surface area (Å²) in [5.74, 6) is 0. The molecular formula is CNO2S+. The summed E-state index contributed by atoms with van der Waals surface area (Å²) in [5, 5.41) is 5.39. The third-order valence-electron chi connectivity index (χ3n) is 0.176. The molecule has 0 N–H and O–H groups in total. The fourth-order valence-corrected chi connectivity index (χ4v) is 0.228. The van der Waals surface area contributed by atoms with Gasteiger partial charge in [-0.2, -0.15) is 0 Å². The fourth-order valence-electron chi connectivity index (χ4n) is 0.0761. The second-order valence-electron chi connectivity index (χ2n) is 0.408. The molecule has 0 amide bonds. The molecule has 4 heteroatoms. The van der Waals surface area contributed by atoms with E-state index in [1.807, 2.05) is 0 Å². The third kappa shape index (κ3) is 0.436. The standard InChI is InChI=1S/CNO2S/c1-2-3-4-5-1/q+1. The largest absolute Gasteiger partial charge is 0.461 e. The average Bonchev–Trinajstić information content (AvgIpc) is 1.76. The van der Waals surface area contributed by atoms with E-state index in [2.05, 4.69) is 19.7 Å². The van der Waals surface area contributed by atoms with Crippen LogP contribution in [0.3, 0.4) is 0 Å². The zero-order chi connectivity index (χ0) is 3.54. The van der Waals surface area contributed by atoms with Gasteiger partial charge in [0.1, 0.15) is 0 Å². The van der Waals surface area contributed by atoms with E-state index in [0.29, 0.717) is 0 Å². The number of hydrogen-bond acceptors (Lipinski definition) is 3. The van der Waals surface area contributed by atoms with Gasteiger partial charge in [0.25, 0.3) is 5.01 Å². The minimum atomic E-state index is 0.935. The van der Waals surface area contributed by atoms with Crippen LogP contribution in [-0.2, 0) is 9.32 Å². The lowest BCUT2D eigenvalue weighted by Gasteiger charge is -1.56. The molecule has 0 aromatic heterocycles. The van der Waals surface area contributed by atoms with Crippen LogP contribution in [0.1, 0.15) is 0 Å². The van der Waals surface area contributed by atoms with Crippen molar-refractivity contribution in [3.63, 3.8) is 0 Å². The van der Waals surface area contributed by atoms with Crippen LogP contribution < -0.4 is 0 Å². The molecule has 0 saturated carbocycles. The molecule has 5 heavy (non-hydrogen) atoms. The van der Waals surface area contributed by atoms with E-state index in [1.165, 1.54) is 0 Å². The van der Waals surface area contributed by atoms with Crippen molar-refractivity contribution in [3.05, 3.63) is 5.01 Å². The van der Waals surface area contributed by atoms with E-state index in [1.54, 1.807) is 0 Å². The molecule has 0 radical (unpaired) electrons. The maximum atomic E-state index is 4.08. The molecule has 0 bridgehead atoms. The molecular weight excluding hydrogens is 90.1 g/mol. The van der Waals surface area contributed by atoms with Crippen molar-refractivity contribution in [2.75, 3.05) is 0 Å². The Bertz CT molecular complexity index is 73.4. The first kappa shape index (κ1) is 2.82. The van der Waals surface area contributed by atoms with Gasteiger partial charge in [-0.25, -0.2) is 0 Å². The molecule has 0 spiro atoms. The van der Waals surface area contributed by atoms with Crippen LogP contribution in [-0.4, -0.2) is 0 Å². The van der Waals surface area contributed by atoms with Crippen LogP contribution in [0, 0.1) is 5.40 Å². The summed E-state index contributed by atoms with van der Waals surface area (Å²) < 4.78 is 4.08. The number of thiocyanates is 1. The Kier molecular flexibility index (Phi) is 0.648. The van der Waals surface area contributed by atoms with Gasteiger partial charge in [0.05, 0.1) is 4.99 Å². The van der Waals surface area contributed by atoms with Crippen LogP contribution in [0.25, 0.3) is 5.01 Å². The summed E-state index contributed by atoms with van der Waals surface area (Å²) in [4.78, 5) is 3.92. The molecule has 0 aromatic carbocycles. The van der Waals surface area contributed by atoms with Crippen molar-refractivity contribution < 1.29 is 9.32 Å². The Morgan fingerprint density at radius 1 is 1.80 bits per heavy atom. The smallest absolute Gasteiger partial charge is 0.0183 e. The molecule has 0 aliphatic carbocycles. The molecule has 0 aromatic rings. The molecule has 1 aliphatic heterocycles. The van der Waals surface area contributed by atoms with Gasteiger partial charge in [-0.05, 0) is 4.33 Å². The van der Waals surface area contributed by atoms with Gasteiger partial charge in [0, 0.05) is 0 Å². The average molecular weight is 90.1 g/mol. The SMILES string of the molecule is C1#[N+]OOS1. The lowest BCUT2D eigenvalue weighted by atomic mass is 11.8. The Hall–Kier alpha value is -0.400. The minimum Gasteiger partial charge on any atom is -0.0183 e. The van der Waals surface area contributed by atoms with Crippen LogP contribution in [0.2, 0.25) is 0 Å². The van der Waals surface area contributed by atoms with Crippen molar-refractivity contribution in [2.45, 2.75) is 0 Å². The van der Waals surface area contributed by atoms with E-state index in [9.17, 15) is 0 Å². The van der Waals surface area contributed by atoms with Crippen molar-refractivity contribution in [2.24, 2.45) is 0 Å². The topological polar surface area (TPSA) is 22.8 Å². The minimum absolute atomic E-state index is 0.935. The van der Waals surface area contributed by atoms with Gasteiger partial charge in [0.2, 0.25) is 12.0 Å². The molecule has 0 saturated heterocycles. The van der Waals surface area contributed by atoms with Gasteiger partial charge >= 0.3 is 5.40 Å². The number of nitrogens with zero attached hydrogens (tertiary/aromatic N) is 1. The summed E-state index contributed by atoms with van der Waals surface area (Å²) in [6.45, 7) is 0. The third-order valence-corrected chi connectivity index (χ3v) is 0.454. The molecule has 1 heterocycles. The molecule has 0 atom stereocenters. The molecule has 26 valence electrons. The van der Waals surface area contributed by atoms with Crippen LogP contribution in [0.15, 0.2) is 0 Å². The molecule has 0 unspecified atom stereocenters. The second-order valence-corrected chi connectivity index (χ2v) is 0.894. The molecule has 0 fully saturated rings. The number of hydrogen-bond donors (Lipinski definition) is 0. The van der Waals surface area contributed by atoms with Crippen LogP contribution in [0.4, 0.5) is 0 Å². The van der Waals surface area contributed by atoms with Crippen molar-refractivity contribution >= 4 is 12.0 Å². The summed E-state index contributed by atoms with van der Waals surface area (Å²) in [6, 6.07) is 0. The summed E-state index contributed by atoms with van der Waals surface area (Å²) in [5.41, 5.74) is 0. The second kappa shape index (κ2) is 1.15. The van der Waals surface area contributed by atoms with Crippen molar-refractivity contribution in [3.8, 4) is 5.40 Å². The highest BCUT2D eigenvalue weighted by Gasteiger charge is 2.04. The summed E-state index contributed by atoms with van der Waals surface area (Å²) in [7, 11) is 0. The zero-order valence-electron chi connectivity index (χ0n) is 2.17. The normalized spacial score (nSPS) is 16.0. The Morgan fingerprint density at radius 2 is 2.80 bits per heavy atom. The van der Waals surface area contributed by atoms with Crippen LogP contribution in [0.5, 0.6) is 0 Å². The van der Waals surface area contributed by atoms with Gasteiger partial charge in [0.15, 0.2) is 0 Å². The summed E-state index contributed by atoms with van der Waals surface area (Å²) >= 11 is 0.935. The lowest BCUT2D eigenvalue weighted by Crippen LogP contribution is -1.57. The highest BCUT2D eigenvalue weighted by Crippen LogP contribution is 2.06. The Balaban J connectivity index is 2.42. The zero-order valence-corrected chi connectivity index (χ0v) is 2.99. The summed E-state index contributed by atoms with van der Waals surface area (Å²) in [6.07, 6.45) is 0. The fraction of sp³-hybridized carbons (Fsp3) is 0. The first-order valence-electron chi connectivity index (χ1n) is 0.944. The first-order valence-corrected chi connectivity index (χ1v) is 1.69. The lowest BCUT2D eigenvalue weighted by molar-refractivity contribution is -0.126.